The summed E-state index contributed by atoms with van der Waals surface area (Å²) in [6.45, 7) is 7.76. The smallest absolute Gasteiger partial charge is 0.263 e. The van der Waals surface area contributed by atoms with Gasteiger partial charge in [-0.05, 0) is 79.2 Å². The van der Waals surface area contributed by atoms with E-state index in [2.05, 4.69) is 15.6 Å². The number of aliphatic hydroxyl groups excluding tert-OH is 1. The molecule has 4 heterocycles. The van der Waals surface area contributed by atoms with Crippen molar-refractivity contribution in [2.45, 2.75) is 58.6 Å². The number of nitrogens with zero attached hydrogens (tertiary/aromatic N) is 7. The van der Waals surface area contributed by atoms with E-state index in [1.54, 1.807) is 29.1 Å². The van der Waals surface area contributed by atoms with Gasteiger partial charge in [0.05, 0.1) is 36.1 Å². The summed E-state index contributed by atoms with van der Waals surface area (Å²) in [5.74, 6) is -2.08. The third kappa shape index (κ3) is 6.22. The molecule has 3 aromatic rings. The molecule has 2 aromatic carbocycles. The Kier molecular flexibility index (Phi) is 9.59. The summed E-state index contributed by atoms with van der Waals surface area (Å²) >= 11 is 0. The minimum absolute atomic E-state index is 0.0268. The fraction of sp³-hybridized carbons (Fsp3) is 0.543. The number of carbonyl (C=O) groups is 4. The van der Waals surface area contributed by atoms with Crippen molar-refractivity contribution >= 4 is 40.1 Å². The highest BCUT2D eigenvalue weighted by atomic mass is 16.5. The van der Waals surface area contributed by atoms with Gasteiger partial charge < -0.3 is 25.0 Å². The molecule has 14 nitrogen and oxygen atoms in total. The molecule has 6 rings (SSSR count). The highest BCUT2D eigenvalue weighted by Crippen LogP contribution is 2.42. The number of anilines is 1. The molecule has 0 aliphatic carbocycles. The molecule has 1 fully saturated rings. The monoisotopic (exact) mass is 674 g/mol. The number of hydrogen-bond donors (Lipinski definition) is 2. The lowest BCUT2D eigenvalue weighted by Crippen LogP contribution is -2.45. The fourth-order valence-electron chi connectivity index (χ4n) is 7.10. The van der Waals surface area contributed by atoms with Crippen LogP contribution in [0.3, 0.4) is 0 Å². The van der Waals surface area contributed by atoms with Crippen LogP contribution in [0.25, 0.3) is 10.8 Å². The molecule has 0 spiro atoms. The summed E-state index contributed by atoms with van der Waals surface area (Å²) in [6, 6.07) is 4.82. The van der Waals surface area contributed by atoms with Crippen LogP contribution < -0.4 is 5.32 Å². The topological polar surface area (TPSA) is 153 Å². The molecule has 3 unspecified atom stereocenters. The zero-order chi connectivity index (χ0) is 35.3. The average Bonchev–Trinajstić information content (AvgIpc) is 3.53. The van der Waals surface area contributed by atoms with Crippen LogP contribution >= 0.6 is 0 Å². The Labute approximate surface area is 285 Å². The molecular weight excluding hydrogens is 628 g/mol. The highest BCUT2D eigenvalue weighted by Gasteiger charge is 2.42. The van der Waals surface area contributed by atoms with Crippen LogP contribution in [-0.4, -0.2) is 130 Å². The quantitative estimate of drug-likeness (QED) is 0.273. The van der Waals surface area contributed by atoms with Gasteiger partial charge in [0, 0.05) is 52.5 Å². The second kappa shape index (κ2) is 13.6. The summed E-state index contributed by atoms with van der Waals surface area (Å²) in [6.07, 6.45) is 1.66. The number of benzene rings is 2. The lowest BCUT2D eigenvalue weighted by Gasteiger charge is -2.41. The molecule has 49 heavy (non-hydrogen) atoms. The first kappa shape index (κ1) is 34.6. The standard InChI is InChI=1S/C35H46N8O6/c1-19-21(3)49-35(20(2)30(19)44)43-18-22(37-38-43)17-36-26-16-25-27-23(31(45)41(33(25)47)14-8-12-39(4)5)10-11-24-28(27)29(26)34(48)42(32(24)46)15-9-13-40(6)7/h10-11,16,18-21,30,35-36,44H,8-9,12-15,17H2,1-7H3/t19-,20?,21?,30?,35-/m1/s1. The van der Waals surface area contributed by atoms with Crippen molar-refractivity contribution in [1.29, 1.82) is 0 Å². The van der Waals surface area contributed by atoms with Crippen LogP contribution in [0.15, 0.2) is 24.4 Å². The molecule has 0 saturated carbocycles. The van der Waals surface area contributed by atoms with Gasteiger partial charge in [-0.25, -0.2) is 4.68 Å². The van der Waals surface area contributed by atoms with Gasteiger partial charge in [0.1, 0.15) is 5.69 Å². The van der Waals surface area contributed by atoms with Crippen molar-refractivity contribution in [3.8, 4) is 0 Å². The van der Waals surface area contributed by atoms with Gasteiger partial charge >= 0.3 is 0 Å². The zero-order valence-electron chi connectivity index (χ0n) is 29.3. The molecule has 14 heteroatoms. The highest BCUT2D eigenvalue weighted by molar-refractivity contribution is 6.34. The molecule has 1 aromatic heterocycles. The van der Waals surface area contributed by atoms with E-state index in [-0.39, 0.29) is 54.3 Å². The van der Waals surface area contributed by atoms with Crippen LogP contribution in [0, 0.1) is 11.8 Å². The van der Waals surface area contributed by atoms with Crippen molar-refractivity contribution in [2.75, 3.05) is 59.7 Å². The second-order valence-corrected chi connectivity index (χ2v) is 14.1. The van der Waals surface area contributed by atoms with E-state index in [1.807, 2.05) is 58.8 Å². The summed E-state index contributed by atoms with van der Waals surface area (Å²) in [7, 11) is 7.72. The van der Waals surface area contributed by atoms with E-state index in [9.17, 15) is 24.3 Å². The van der Waals surface area contributed by atoms with Gasteiger partial charge in [-0.1, -0.05) is 19.1 Å². The third-order valence-corrected chi connectivity index (χ3v) is 10.0. The summed E-state index contributed by atoms with van der Waals surface area (Å²) < 4.78 is 7.77. The minimum Gasteiger partial charge on any atom is -0.392 e. The van der Waals surface area contributed by atoms with E-state index >= 15 is 0 Å². The van der Waals surface area contributed by atoms with Gasteiger partial charge in [0.2, 0.25) is 0 Å². The summed E-state index contributed by atoms with van der Waals surface area (Å²) in [5.41, 5.74) is 1.98. The molecule has 0 bridgehead atoms. The molecule has 5 atom stereocenters. The van der Waals surface area contributed by atoms with Crippen molar-refractivity contribution in [1.82, 2.24) is 34.6 Å². The fourth-order valence-corrected chi connectivity index (χ4v) is 7.10. The van der Waals surface area contributed by atoms with E-state index in [0.29, 0.717) is 53.6 Å². The van der Waals surface area contributed by atoms with Gasteiger partial charge in [-0.15, -0.1) is 5.10 Å². The zero-order valence-corrected chi connectivity index (χ0v) is 29.3. The van der Waals surface area contributed by atoms with E-state index in [4.69, 9.17) is 4.74 Å². The maximum absolute atomic E-state index is 14.2. The van der Waals surface area contributed by atoms with Crippen LogP contribution in [0.2, 0.25) is 0 Å². The molecule has 3 aliphatic rings. The van der Waals surface area contributed by atoms with E-state index in [1.165, 1.54) is 9.80 Å². The summed E-state index contributed by atoms with van der Waals surface area (Å²) in [4.78, 5) is 62.2. The van der Waals surface area contributed by atoms with Crippen molar-refractivity contribution in [3.05, 3.63) is 52.3 Å². The van der Waals surface area contributed by atoms with E-state index in [0.717, 1.165) is 0 Å². The molecule has 2 N–H and O–H groups in total. The number of aromatic nitrogens is 3. The Morgan fingerprint density at radius 2 is 1.39 bits per heavy atom. The second-order valence-electron chi connectivity index (χ2n) is 14.1. The molecule has 262 valence electrons. The van der Waals surface area contributed by atoms with Crippen molar-refractivity contribution in [3.63, 3.8) is 0 Å². The molecule has 0 radical (unpaired) electrons. The van der Waals surface area contributed by atoms with Gasteiger partial charge in [-0.3, -0.25) is 29.0 Å². The maximum Gasteiger partial charge on any atom is 0.263 e. The lowest BCUT2D eigenvalue weighted by molar-refractivity contribution is -0.190. The number of ether oxygens (including phenoxy) is 1. The summed E-state index contributed by atoms with van der Waals surface area (Å²) in [5, 5.41) is 23.3. The van der Waals surface area contributed by atoms with Gasteiger partial charge in [-0.2, -0.15) is 0 Å². The Balaban J connectivity index is 1.38. The SMILES string of the molecule is CC1O[C@@H](n2cc(CNc3cc4c5c(ccc6c5c3C(=O)N(CCCN(C)C)C6=O)C(=O)N(CCCN(C)C)C4=O)nn2)C(C)C(O)[C@@H]1C. The molecule has 3 aliphatic heterocycles. The lowest BCUT2D eigenvalue weighted by atomic mass is 9.84. The first-order chi connectivity index (χ1) is 23.3. The normalized spacial score (nSPS) is 23.8. The Morgan fingerprint density at radius 1 is 0.816 bits per heavy atom. The number of rotatable bonds is 12. The number of carbonyl (C=O) groups excluding carboxylic acids is 4. The number of aliphatic hydroxyl groups is 1. The molecular formula is C35H46N8O6. The first-order valence-electron chi connectivity index (χ1n) is 16.9. The predicted molar refractivity (Wildman–Crippen MR) is 182 cm³/mol. The van der Waals surface area contributed by atoms with Crippen molar-refractivity contribution in [2.24, 2.45) is 11.8 Å². The van der Waals surface area contributed by atoms with Crippen LogP contribution in [0.1, 0.15) is 87.0 Å². The van der Waals surface area contributed by atoms with E-state index < -0.39 is 36.0 Å². The van der Waals surface area contributed by atoms with Gasteiger partial charge in [0.15, 0.2) is 6.23 Å². The first-order valence-corrected chi connectivity index (χ1v) is 16.9. The third-order valence-electron chi connectivity index (χ3n) is 10.0. The average molecular weight is 675 g/mol. The van der Waals surface area contributed by atoms with Crippen LogP contribution in [0.4, 0.5) is 5.69 Å². The Morgan fingerprint density at radius 3 is 2.00 bits per heavy atom. The van der Waals surface area contributed by atoms with Crippen LogP contribution in [0.5, 0.6) is 0 Å². The number of nitrogens with one attached hydrogen (secondary N) is 1. The Bertz CT molecular complexity index is 1800. The largest absolute Gasteiger partial charge is 0.392 e. The molecule has 1 saturated heterocycles. The maximum atomic E-state index is 14.2. The molecule has 4 amide bonds. The van der Waals surface area contributed by atoms with Crippen LogP contribution in [-0.2, 0) is 11.3 Å². The number of hydrogen-bond acceptors (Lipinski definition) is 11. The minimum atomic E-state index is -0.567. The van der Waals surface area contributed by atoms with Gasteiger partial charge in [0.25, 0.3) is 23.6 Å². The van der Waals surface area contributed by atoms with Crippen molar-refractivity contribution < 1.29 is 29.0 Å². The Hall–Kier alpha value is -4.24. The number of imide groups is 2. The predicted octanol–water partition coefficient (Wildman–Crippen LogP) is 2.69. The number of amides is 4.